The second-order valence-corrected chi connectivity index (χ2v) is 4.55. The summed E-state index contributed by atoms with van der Waals surface area (Å²) < 4.78 is 5.44. The van der Waals surface area contributed by atoms with Crippen molar-refractivity contribution in [1.29, 1.82) is 0 Å². The van der Waals surface area contributed by atoms with E-state index in [0.29, 0.717) is 17.8 Å². The predicted molar refractivity (Wildman–Crippen MR) is 66.8 cm³/mol. The highest BCUT2D eigenvalue weighted by molar-refractivity contribution is 5.94. The second-order valence-electron chi connectivity index (χ2n) is 4.55. The van der Waals surface area contributed by atoms with Crippen molar-refractivity contribution in [3.8, 4) is 0 Å². The molecule has 1 aromatic carbocycles. The number of hydrogen-bond acceptors (Lipinski definition) is 3. The van der Waals surface area contributed by atoms with Gasteiger partial charge in [0.1, 0.15) is 0 Å². The number of ether oxygens (including phenoxy) is 1. The molecule has 0 aliphatic heterocycles. The van der Waals surface area contributed by atoms with E-state index in [0.717, 1.165) is 12.8 Å². The normalized spacial score (nSPS) is 17.2. The molecule has 17 heavy (non-hydrogen) atoms. The first-order valence-electron chi connectivity index (χ1n) is 5.84. The standard InChI is InChI=1S/C13H18N2O2/c1-17-13(7-2-8-13)9-15-12(16)10-3-5-11(14)6-4-10/h3-6H,2,7-9,14H2,1H3,(H,15,16). The number of methoxy groups -OCH3 is 1. The molecule has 92 valence electrons. The Bertz CT molecular complexity index is 391. The smallest absolute Gasteiger partial charge is 0.251 e. The minimum absolute atomic E-state index is 0.0756. The number of rotatable bonds is 4. The molecule has 0 aromatic heterocycles. The molecule has 0 saturated heterocycles. The Morgan fingerprint density at radius 2 is 2.06 bits per heavy atom. The van der Waals surface area contributed by atoms with E-state index in [1.807, 2.05) is 0 Å². The van der Waals surface area contributed by atoms with Crippen molar-refractivity contribution in [2.45, 2.75) is 24.9 Å². The van der Waals surface area contributed by atoms with Gasteiger partial charge in [0.05, 0.1) is 5.60 Å². The van der Waals surface area contributed by atoms with Crippen LogP contribution in [0.5, 0.6) is 0 Å². The summed E-state index contributed by atoms with van der Waals surface area (Å²) in [6.45, 7) is 0.576. The molecule has 0 heterocycles. The van der Waals surface area contributed by atoms with Crippen LogP contribution in [0.1, 0.15) is 29.6 Å². The number of nitrogens with one attached hydrogen (secondary N) is 1. The summed E-state index contributed by atoms with van der Waals surface area (Å²) in [5, 5.41) is 2.91. The molecule has 0 unspecified atom stereocenters. The van der Waals surface area contributed by atoms with Gasteiger partial charge in [0.25, 0.3) is 5.91 Å². The van der Waals surface area contributed by atoms with Crippen LogP contribution in [-0.4, -0.2) is 25.2 Å². The second kappa shape index (κ2) is 4.75. The van der Waals surface area contributed by atoms with E-state index in [9.17, 15) is 4.79 Å². The fraction of sp³-hybridized carbons (Fsp3) is 0.462. The van der Waals surface area contributed by atoms with Crippen molar-refractivity contribution in [3.63, 3.8) is 0 Å². The largest absolute Gasteiger partial charge is 0.399 e. The fourth-order valence-electron chi connectivity index (χ4n) is 2.00. The average molecular weight is 234 g/mol. The van der Waals surface area contributed by atoms with Gasteiger partial charge >= 0.3 is 0 Å². The van der Waals surface area contributed by atoms with Gasteiger partial charge in [-0.3, -0.25) is 4.79 Å². The summed E-state index contributed by atoms with van der Waals surface area (Å²) >= 11 is 0. The van der Waals surface area contributed by atoms with Crippen LogP contribution in [0.3, 0.4) is 0 Å². The van der Waals surface area contributed by atoms with Crippen LogP contribution in [0.25, 0.3) is 0 Å². The summed E-state index contributed by atoms with van der Waals surface area (Å²) in [5.41, 5.74) is 6.73. The van der Waals surface area contributed by atoms with Gasteiger partial charge in [-0.25, -0.2) is 0 Å². The van der Waals surface area contributed by atoms with Crippen LogP contribution in [-0.2, 0) is 4.74 Å². The van der Waals surface area contributed by atoms with Crippen LogP contribution in [0, 0.1) is 0 Å². The van der Waals surface area contributed by atoms with Gasteiger partial charge in [0.15, 0.2) is 0 Å². The SMILES string of the molecule is COC1(CNC(=O)c2ccc(N)cc2)CCC1. The molecule has 1 amide bonds. The van der Waals surface area contributed by atoms with Gasteiger partial charge < -0.3 is 15.8 Å². The molecule has 1 aliphatic carbocycles. The maximum atomic E-state index is 11.9. The summed E-state index contributed by atoms with van der Waals surface area (Å²) in [6.07, 6.45) is 3.21. The first-order chi connectivity index (χ1) is 8.15. The predicted octanol–water partition coefficient (Wildman–Crippen LogP) is 1.57. The third kappa shape index (κ3) is 2.58. The molecule has 4 heteroatoms. The van der Waals surface area contributed by atoms with E-state index < -0.39 is 0 Å². The van der Waals surface area contributed by atoms with Crippen molar-refractivity contribution in [2.24, 2.45) is 0 Å². The number of amides is 1. The van der Waals surface area contributed by atoms with E-state index in [4.69, 9.17) is 10.5 Å². The Hall–Kier alpha value is -1.55. The summed E-state index contributed by atoms with van der Waals surface area (Å²) in [4.78, 5) is 11.9. The third-order valence-electron chi connectivity index (χ3n) is 3.44. The quantitative estimate of drug-likeness (QED) is 0.777. The van der Waals surface area contributed by atoms with Crippen molar-refractivity contribution in [3.05, 3.63) is 29.8 Å². The van der Waals surface area contributed by atoms with Crippen LogP contribution in [0.4, 0.5) is 5.69 Å². The number of benzene rings is 1. The van der Waals surface area contributed by atoms with E-state index in [2.05, 4.69) is 5.32 Å². The molecule has 1 aliphatic rings. The maximum absolute atomic E-state index is 11.9. The summed E-state index contributed by atoms with van der Waals surface area (Å²) in [7, 11) is 1.70. The molecule has 3 N–H and O–H groups in total. The topological polar surface area (TPSA) is 64.3 Å². The molecule has 1 saturated carbocycles. The molecule has 0 spiro atoms. The number of carbonyl (C=O) groups is 1. The lowest BCUT2D eigenvalue weighted by Crippen LogP contribution is -2.49. The van der Waals surface area contributed by atoms with E-state index in [-0.39, 0.29) is 11.5 Å². The lowest BCUT2D eigenvalue weighted by Gasteiger charge is -2.40. The molecule has 0 bridgehead atoms. The average Bonchev–Trinajstić information content (AvgIpc) is 2.29. The van der Waals surface area contributed by atoms with Crippen molar-refractivity contribution < 1.29 is 9.53 Å². The number of carbonyl (C=O) groups excluding carboxylic acids is 1. The van der Waals surface area contributed by atoms with Crippen molar-refractivity contribution in [2.75, 3.05) is 19.4 Å². The lowest BCUT2D eigenvalue weighted by molar-refractivity contribution is -0.0679. The highest BCUT2D eigenvalue weighted by Gasteiger charge is 2.37. The van der Waals surface area contributed by atoms with E-state index >= 15 is 0 Å². The Labute approximate surface area is 101 Å². The molecular formula is C13H18N2O2. The summed E-state index contributed by atoms with van der Waals surface area (Å²) in [6, 6.07) is 6.91. The fourth-order valence-corrected chi connectivity index (χ4v) is 2.00. The Morgan fingerprint density at radius 1 is 1.41 bits per heavy atom. The lowest BCUT2D eigenvalue weighted by atomic mass is 9.80. The van der Waals surface area contributed by atoms with Crippen LogP contribution >= 0.6 is 0 Å². The van der Waals surface area contributed by atoms with Gasteiger partial charge in [-0.05, 0) is 43.5 Å². The molecule has 2 rings (SSSR count). The highest BCUT2D eigenvalue weighted by Crippen LogP contribution is 2.34. The zero-order valence-corrected chi connectivity index (χ0v) is 10.0. The molecule has 4 nitrogen and oxygen atoms in total. The monoisotopic (exact) mass is 234 g/mol. The first kappa shape index (κ1) is 11.9. The number of hydrogen-bond donors (Lipinski definition) is 2. The zero-order valence-electron chi connectivity index (χ0n) is 10.0. The minimum Gasteiger partial charge on any atom is -0.399 e. The van der Waals surface area contributed by atoms with Crippen LogP contribution < -0.4 is 11.1 Å². The van der Waals surface area contributed by atoms with E-state index in [1.54, 1.807) is 31.4 Å². The molecule has 0 radical (unpaired) electrons. The van der Waals surface area contributed by atoms with Gasteiger partial charge in [-0.15, -0.1) is 0 Å². The van der Waals surface area contributed by atoms with Gasteiger partial charge in [-0.1, -0.05) is 0 Å². The minimum atomic E-state index is -0.135. The van der Waals surface area contributed by atoms with E-state index in [1.165, 1.54) is 6.42 Å². The molecule has 0 atom stereocenters. The van der Waals surface area contributed by atoms with Gasteiger partial charge in [-0.2, -0.15) is 0 Å². The molecule has 1 fully saturated rings. The van der Waals surface area contributed by atoms with Crippen LogP contribution in [0.15, 0.2) is 24.3 Å². The number of nitrogens with two attached hydrogens (primary N) is 1. The zero-order chi connectivity index (χ0) is 12.3. The number of anilines is 1. The van der Waals surface area contributed by atoms with Crippen molar-refractivity contribution >= 4 is 11.6 Å². The molecule has 1 aromatic rings. The number of nitrogen functional groups attached to an aromatic ring is 1. The Kier molecular flexibility index (Phi) is 3.33. The molecular weight excluding hydrogens is 216 g/mol. The first-order valence-corrected chi connectivity index (χ1v) is 5.84. The Balaban J connectivity index is 1.91. The van der Waals surface area contributed by atoms with Crippen LogP contribution in [0.2, 0.25) is 0 Å². The van der Waals surface area contributed by atoms with Gasteiger partial charge in [0.2, 0.25) is 0 Å². The maximum Gasteiger partial charge on any atom is 0.251 e. The van der Waals surface area contributed by atoms with Gasteiger partial charge in [0, 0.05) is 24.9 Å². The third-order valence-corrected chi connectivity index (χ3v) is 3.44. The highest BCUT2D eigenvalue weighted by atomic mass is 16.5. The summed E-state index contributed by atoms with van der Waals surface area (Å²) in [5.74, 6) is -0.0756. The van der Waals surface area contributed by atoms with Crippen molar-refractivity contribution in [1.82, 2.24) is 5.32 Å². The Morgan fingerprint density at radius 3 is 2.53 bits per heavy atom.